The van der Waals surface area contributed by atoms with Crippen LogP contribution in [0.4, 0.5) is 5.82 Å². The van der Waals surface area contributed by atoms with Gasteiger partial charge in [-0.1, -0.05) is 0 Å². The second-order valence-electron chi connectivity index (χ2n) is 3.30. The number of anilines is 1. The predicted molar refractivity (Wildman–Crippen MR) is 58.7 cm³/mol. The summed E-state index contributed by atoms with van der Waals surface area (Å²) in [6, 6.07) is 0. The van der Waals surface area contributed by atoms with Crippen LogP contribution in [0.5, 0.6) is 0 Å². The lowest BCUT2D eigenvalue weighted by atomic mass is 10.3. The molecule has 0 radical (unpaired) electrons. The van der Waals surface area contributed by atoms with Gasteiger partial charge in [-0.05, 0) is 13.8 Å². The Morgan fingerprint density at radius 3 is 2.87 bits per heavy atom. The zero-order chi connectivity index (χ0) is 11.3. The fourth-order valence-corrected chi connectivity index (χ4v) is 1.13. The van der Waals surface area contributed by atoms with Crippen molar-refractivity contribution in [1.29, 1.82) is 0 Å². The quantitative estimate of drug-likeness (QED) is 0.762. The highest BCUT2D eigenvalue weighted by Gasteiger charge is 2.02. The maximum absolute atomic E-state index is 11.0. The Kier molecular flexibility index (Phi) is 4.03. The summed E-state index contributed by atoms with van der Waals surface area (Å²) in [4.78, 5) is 19.3. The van der Waals surface area contributed by atoms with Crippen LogP contribution in [-0.4, -0.2) is 29.5 Å². The zero-order valence-electron chi connectivity index (χ0n) is 9.29. The lowest BCUT2D eigenvalue weighted by Crippen LogP contribution is -2.21. The molecule has 15 heavy (non-hydrogen) atoms. The van der Waals surface area contributed by atoms with E-state index in [-0.39, 0.29) is 5.91 Å². The second-order valence-corrected chi connectivity index (χ2v) is 3.30. The number of aryl methyl sites for hydroxylation is 2. The highest BCUT2D eigenvalue weighted by atomic mass is 16.1. The number of nitrogens with zero attached hydrogens (tertiary/aromatic N) is 2. The van der Waals surface area contributed by atoms with Gasteiger partial charge in [-0.25, -0.2) is 9.97 Å². The van der Waals surface area contributed by atoms with Gasteiger partial charge in [0.15, 0.2) is 0 Å². The molecule has 0 saturated carbocycles. The van der Waals surface area contributed by atoms with Gasteiger partial charge < -0.3 is 10.6 Å². The van der Waals surface area contributed by atoms with Crippen molar-refractivity contribution in [2.75, 3.05) is 18.9 Å². The Hall–Kier alpha value is -1.65. The second kappa shape index (κ2) is 5.29. The third-order valence-electron chi connectivity index (χ3n) is 2.02. The van der Waals surface area contributed by atoms with Crippen LogP contribution in [-0.2, 0) is 4.79 Å². The Morgan fingerprint density at radius 1 is 1.47 bits per heavy atom. The molecule has 1 amide bonds. The lowest BCUT2D eigenvalue weighted by Gasteiger charge is -2.07. The van der Waals surface area contributed by atoms with E-state index in [4.69, 9.17) is 0 Å². The molecule has 0 bridgehead atoms. The molecular weight excluding hydrogens is 192 g/mol. The largest absolute Gasteiger partial charge is 0.369 e. The van der Waals surface area contributed by atoms with E-state index in [1.165, 1.54) is 0 Å². The van der Waals surface area contributed by atoms with Gasteiger partial charge in [0.2, 0.25) is 5.91 Å². The molecule has 82 valence electrons. The van der Waals surface area contributed by atoms with E-state index in [1.54, 1.807) is 13.2 Å². The summed E-state index contributed by atoms with van der Waals surface area (Å²) in [5.41, 5.74) is 0.984. The smallest absolute Gasteiger partial charge is 0.221 e. The van der Waals surface area contributed by atoms with Crippen molar-refractivity contribution < 1.29 is 4.79 Å². The SMILES string of the molecule is CNC(=O)CCNc1nc(C)ncc1C. The standard InChI is InChI=1S/C10H16N4O/c1-7-6-13-8(2)14-10(7)12-5-4-9(15)11-3/h6H,4-5H2,1-3H3,(H,11,15)(H,12,13,14). The molecule has 0 fully saturated rings. The van der Waals surface area contributed by atoms with Crippen molar-refractivity contribution in [3.8, 4) is 0 Å². The van der Waals surface area contributed by atoms with Gasteiger partial charge in [-0.15, -0.1) is 0 Å². The van der Waals surface area contributed by atoms with Crippen LogP contribution in [0, 0.1) is 13.8 Å². The lowest BCUT2D eigenvalue weighted by molar-refractivity contribution is -0.120. The molecule has 0 aromatic carbocycles. The summed E-state index contributed by atoms with van der Waals surface area (Å²) in [6.07, 6.45) is 2.21. The summed E-state index contributed by atoms with van der Waals surface area (Å²) >= 11 is 0. The molecule has 5 heteroatoms. The van der Waals surface area contributed by atoms with Crippen molar-refractivity contribution in [1.82, 2.24) is 15.3 Å². The molecule has 0 aliphatic heterocycles. The molecule has 2 N–H and O–H groups in total. The first-order chi connectivity index (χ1) is 7.13. The summed E-state index contributed by atoms with van der Waals surface area (Å²) in [5.74, 6) is 1.54. The van der Waals surface area contributed by atoms with Crippen LogP contribution in [0.15, 0.2) is 6.20 Å². The first kappa shape index (κ1) is 11.4. The number of hydrogen-bond acceptors (Lipinski definition) is 4. The molecule has 1 heterocycles. The maximum Gasteiger partial charge on any atom is 0.221 e. The highest BCUT2D eigenvalue weighted by molar-refractivity contribution is 5.76. The molecule has 1 aromatic rings. The van der Waals surface area contributed by atoms with Crippen molar-refractivity contribution in [2.24, 2.45) is 0 Å². The molecule has 0 spiro atoms. The highest BCUT2D eigenvalue weighted by Crippen LogP contribution is 2.09. The Labute approximate surface area is 89.3 Å². The number of rotatable bonds is 4. The zero-order valence-corrected chi connectivity index (χ0v) is 9.29. The van der Waals surface area contributed by atoms with E-state index >= 15 is 0 Å². The third-order valence-corrected chi connectivity index (χ3v) is 2.02. The van der Waals surface area contributed by atoms with Crippen LogP contribution in [0.1, 0.15) is 17.8 Å². The summed E-state index contributed by atoms with van der Waals surface area (Å²) in [7, 11) is 1.63. The predicted octanol–water partition coefficient (Wildman–Crippen LogP) is 0.641. The van der Waals surface area contributed by atoms with Gasteiger partial charge in [0.05, 0.1) is 0 Å². The van der Waals surface area contributed by atoms with Gasteiger partial charge in [-0.3, -0.25) is 4.79 Å². The van der Waals surface area contributed by atoms with Gasteiger partial charge in [0, 0.05) is 31.8 Å². The topological polar surface area (TPSA) is 66.9 Å². The van der Waals surface area contributed by atoms with Crippen LogP contribution in [0.2, 0.25) is 0 Å². The minimum atomic E-state index is 0.0194. The van der Waals surface area contributed by atoms with Gasteiger partial charge in [0.1, 0.15) is 11.6 Å². The molecule has 5 nitrogen and oxygen atoms in total. The normalized spacial score (nSPS) is 9.80. The van der Waals surface area contributed by atoms with Crippen molar-refractivity contribution >= 4 is 11.7 Å². The molecule has 0 aliphatic rings. The van der Waals surface area contributed by atoms with E-state index < -0.39 is 0 Å². The summed E-state index contributed by atoms with van der Waals surface area (Å²) in [6.45, 7) is 4.35. The average molecular weight is 208 g/mol. The summed E-state index contributed by atoms with van der Waals surface area (Å²) < 4.78 is 0. The Balaban J connectivity index is 2.50. The average Bonchev–Trinajstić information content (AvgIpc) is 2.23. The number of nitrogens with one attached hydrogen (secondary N) is 2. The van der Waals surface area contributed by atoms with Gasteiger partial charge in [0.25, 0.3) is 0 Å². The number of amides is 1. The molecule has 1 rings (SSSR count). The number of carbonyl (C=O) groups is 1. The number of carbonyl (C=O) groups excluding carboxylic acids is 1. The molecule has 0 aliphatic carbocycles. The van der Waals surface area contributed by atoms with E-state index in [1.807, 2.05) is 13.8 Å². The van der Waals surface area contributed by atoms with Gasteiger partial charge >= 0.3 is 0 Å². The fourth-order valence-electron chi connectivity index (χ4n) is 1.13. The number of hydrogen-bond donors (Lipinski definition) is 2. The van der Waals surface area contributed by atoms with E-state index in [2.05, 4.69) is 20.6 Å². The van der Waals surface area contributed by atoms with Crippen molar-refractivity contribution in [3.63, 3.8) is 0 Å². The fraction of sp³-hybridized carbons (Fsp3) is 0.500. The monoisotopic (exact) mass is 208 g/mol. The van der Waals surface area contributed by atoms with Crippen LogP contribution < -0.4 is 10.6 Å². The third kappa shape index (κ3) is 3.53. The van der Waals surface area contributed by atoms with E-state index in [9.17, 15) is 4.79 Å². The first-order valence-corrected chi connectivity index (χ1v) is 4.88. The minimum Gasteiger partial charge on any atom is -0.369 e. The molecule has 0 unspecified atom stereocenters. The Morgan fingerprint density at radius 2 is 2.20 bits per heavy atom. The molecular formula is C10H16N4O. The van der Waals surface area contributed by atoms with E-state index in [0.29, 0.717) is 13.0 Å². The van der Waals surface area contributed by atoms with Gasteiger partial charge in [-0.2, -0.15) is 0 Å². The van der Waals surface area contributed by atoms with Crippen LogP contribution in [0.3, 0.4) is 0 Å². The molecule has 0 saturated heterocycles. The molecule has 0 atom stereocenters. The van der Waals surface area contributed by atoms with Crippen LogP contribution in [0.25, 0.3) is 0 Å². The van der Waals surface area contributed by atoms with Crippen LogP contribution >= 0.6 is 0 Å². The number of aromatic nitrogens is 2. The molecule has 1 aromatic heterocycles. The maximum atomic E-state index is 11.0. The first-order valence-electron chi connectivity index (χ1n) is 4.88. The van der Waals surface area contributed by atoms with E-state index in [0.717, 1.165) is 17.2 Å². The minimum absolute atomic E-state index is 0.0194. The van der Waals surface area contributed by atoms with Crippen molar-refractivity contribution in [2.45, 2.75) is 20.3 Å². The Bertz CT molecular complexity index is 351. The van der Waals surface area contributed by atoms with Crippen molar-refractivity contribution in [3.05, 3.63) is 17.6 Å². The summed E-state index contributed by atoms with van der Waals surface area (Å²) in [5, 5.41) is 5.67.